The quantitative estimate of drug-likeness (QED) is 0.502. The number of urea groups is 1. The van der Waals surface area contributed by atoms with Crippen molar-refractivity contribution in [3.05, 3.63) is 72.7 Å². The van der Waals surface area contributed by atoms with Crippen molar-refractivity contribution in [2.75, 3.05) is 16.4 Å². The lowest BCUT2D eigenvalue weighted by molar-refractivity contribution is 0.262. The van der Waals surface area contributed by atoms with Gasteiger partial charge < -0.3 is 16.4 Å². The molecule has 28 heavy (non-hydrogen) atoms. The third kappa shape index (κ3) is 3.32. The molecule has 0 bridgehead atoms. The summed E-state index contributed by atoms with van der Waals surface area (Å²) in [6, 6.07) is 9.28. The van der Waals surface area contributed by atoms with Gasteiger partial charge in [-0.25, -0.2) is 23.5 Å². The molecular weight excluding hydrogens is 366 g/mol. The Balaban J connectivity index is 1.57. The number of rotatable bonds is 3. The van der Waals surface area contributed by atoms with Crippen LogP contribution in [0.25, 0.3) is 16.9 Å². The maximum Gasteiger partial charge on any atom is 0.323 e. The van der Waals surface area contributed by atoms with Crippen LogP contribution in [0.4, 0.5) is 30.8 Å². The number of imidazole rings is 1. The zero-order chi connectivity index (χ0) is 19.7. The Labute approximate surface area is 157 Å². The summed E-state index contributed by atoms with van der Waals surface area (Å²) in [6.07, 6.45) is 4.96. The molecule has 0 fully saturated rings. The van der Waals surface area contributed by atoms with E-state index in [0.717, 1.165) is 23.4 Å². The zero-order valence-electron chi connectivity index (χ0n) is 14.4. The first-order chi connectivity index (χ1) is 13.5. The molecule has 9 heteroatoms. The number of aromatic nitrogens is 3. The summed E-state index contributed by atoms with van der Waals surface area (Å²) in [4.78, 5) is 20.4. The van der Waals surface area contributed by atoms with Crippen LogP contribution in [-0.4, -0.2) is 20.4 Å². The van der Waals surface area contributed by atoms with Gasteiger partial charge in [-0.05, 0) is 24.3 Å². The number of carbonyl (C=O) groups excluding carboxylic acids is 1. The van der Waals surface area contributed by atoms with Crippen molar-refractivity contribution in [2.45, 2.75) is 0 Å². The smallest absolute Gasteiger partial charge is 0.323 e. The van der Waals surface area contributed by atoms with Crippen molar-refractivity contribution >= 4 is 28.9 Å². The molecule has 2 heterocycles. The molecule has 2 aromatic carbocycles. The first-order valence-corrected chi connectivity index (χ1v) is 8.22. The Kier molecular flexibility index (Phi) is 4.32. The highest BCUT2D eigenvalue weighted by Gasteiger charge is 2.11. The summed E-state index contributed by atoms with van der Waals surface area (Å²) in [7, 11) is 0. The molecule has 0 radical (unpaired) electrons. The lowest BCUT2D eigenvalue weighted by Gasteiger charge is -2.10. The number of hydrogen-bond donors (Lipinski definition) is 3. The predicted octanol–water partition coefficient (Wildman–Crippen LogP) is 3.90. The molecule has 4 aromatic rings. The number of halogens is 2. The van der Waals surface area contributed by atoms with Gasteiger partial charge in [-0.1, -0.05) is 12.1 Å². The number of fused-ring (bicyclic) bond motifs is 1. The zero-order valence-corrected chi connectivity index (χ0v) is 14.4. The molecule has 4 N–H and O–H groups in total. The molecule has 2 amide bonds. The van der Waals surface area contributed by atoms with Gasteiger partial charge in [0.15, 0.2) is 11.5 Å². The Morgan fingerprint density at radius 3 is 2.75 bits per heavy atom. The first kappa shape index (κ1) is 17.4. The van der Waals surface area contributed by atoms with Crippen molar-refractivity contribution < 1.29 is 13.6 Å². The molecule has 0 aliphatic heterocycles. The number of nitrogens with one attached hydrogen (secondary N) is 2. The Morgan fingerprint density at radius 2 is 1.93 bits per heavy atom. The molecule has 0 spiro atoms. The van der Waals surface area contributed by atoms with Crippen molar-refractivity contribution in [3.8, 4) is 11.3 Å². The second-order valence-corrected chi connectivity index (χ2v) is 5.93. The van der Waals surface area contributed by atoms with E-state index >= 15 is 0 Å². The molecule has 0 atom stereocenters. The summed E-state index contributed by atoms with van der Waals surface area (Å²) in [5.74, 6) is -1.27. The van der Waals surface area contributed by atoms with Gasteiger partial charge in [0.25, 0.3) is 0 Å². The molecule has 7 nitrogen and oxygen atoms in total. The normalized spacial score (nSPS) is 10.8. The maximum atomic E-state index is 13.7. The summed E-state index contributed by atoms with van der Waals surface area (Å²) in [5, 5.41) is 4.96. The first-order valence-electron chi connectivity index (χ1n) is 8.22. The largest absolute Gasteiger partial charge is 0.381 e. The lowest BCUT2D eigenvalue weighted by atomic mass is 10.1. The summed E-state index contributed by atoms with van der Waals surface area (Å²) in [6.45, 7) is 0. The van der Waals surface area contributed by atoms with E-state index in [2.05, 4.69) is 20.6 Å². The van der Waals surface area contributed by atoms with Crippen molar-refractivity contribution in [1.29, 1.82) is 0 Å². The van der Waals surface area contributed by atoms with E-state index in [-0.39, 0.29) is 5.69 Å². The molecule has 0 unspecified atom stereocenters. The predicted molar refractivity (Wildman–Crippen MR) is 102 cm³/mol. The highest BCUT2D eigenvalue weighted by molar-refractivity contribution is 6.00. The Hall–Kier alpha value is -4.01. The van der Waals surface area contributed by atoms with Gasteiger partial charge in [-0.15, -0.1) is 0 Å². The van der Waals surface area contributed by atoms with E-state index in [1.54, 1.807) is 41.2 Å². The minimum atomic E-state index is -0.860. The summed E-state index contributed by atoms with van der Waals surface area (Å²) >= 11 is 0. The number of carbonyl (C=O) groups is 1. The van der Waals surface area contributed by atoms with Crippen LogP contribution in [0, 0.1) is 11.6 Å². The number of nitrogen functional groups attached to an aromatic ring is 1. The molecule has 4 rings (SSSR count). The van der Waals surface area contributed by atoms with Gasteiger partial charge in [0.05, 0.1) is 17.6 Å². The van der Waals surface area contributed by atoms with Crippen LogP contribution in [0.5, 0.6) is 0 Å². The standard InChI is InChI=1S/C19H14F2N6O/c20-12-4-5-15(14(21)9-12)26-19(28)25-13-3-1-2-11(8-13)16-10-24-18-17(22)23-6-7-27(16)18/h1-10H,(H2,22,23)(H2,25,26,28). The topological polar surface area (TPSA) is 97.3 Å². The maximum absolute atomic E-state index is 13.7. The number of amides is 2. The van der Waals surface area contributed by atoms with Gasteiger partial charge in [0.2, 0.25) is 0 Å². The number of nitrogens with two attached hydrogens (primary N) is 1. The van der Waals surface area contributed by atoms with Crippen LogP contribution in [0.15, 0.2) is 61.1 Å². The number of nitrogens with zero attached hydrogens (tertiary/aromatic N) is 3. The number of benzene rings is 2. The molecule has 0 aliphatic carbocycles. The Morgan fingerprint density at radius 1 is 1.07 bits per heavy atom. The third-order valence-electron chi connectivity index (χ3n) is 4.05. The highest BCUT2D eigenvalue weighted by Crippen LogP contribution is 2.25. The van der Waals surface area contributed by atoms with E-state index in [1.165, 1.54) is 0 Å². The molecule has 2 aromatic heterocycles. The minimum absolute atomic E-state index is 0.125. The molecule has 0 saturated carbocycles. The second kappa shape index (κ2) is 6.95. The van der Waals surface area contributed by atoms with Crippen LogP contribution < -0.4 is 16.4 Å². The second-order valence-electron chi connectivity index (χ2n) is 5.93. The lowest BCUT2D eigenvalue weighted by Crippen LogP contribution is -2.20. The van der Waals surface area contributed by atoms with Crippen LogP contribution >= 0.6 is 0 Å². The minimum Gasteiger partial charge on any atom is -0.381 e. The molecular formula is C19H14F2N6O. The van der Waals surface area contributed by atoms with Crippen molar-refractivity contribution in [3.63, 3.8) is 0 Å². The van der Waals surface area contributed by atoms with Crippen LogP contribution in [0.3, 0.4) is 0 Å². The van der Waals surface area contributed by atoms with Gasteiger partial charge in [0, 0.05) is 29.7 Å². The summed E-state index contributed by atoms with van der Waals surface area (Å²) < 4.78 is 28.4. The van der Waals surface area contributed by atoms with Gasteiger partial charge in [0.1, 0.15) is 11.6 Å². The number of hydrogen-bond acceptors (Lipinski definition) is 4. The summed E-state index contributed by atoms with van der Waals surface area (Å²) in [5.41, 5.74) is 8.25. The molecule has 0 saturated heterocycles. The molecule has 0 aliphatic rings. The number of anilines is 3. The SMILES string of the molecule is Nc1nccn2c(-c3cccc(NC(=O)Nc4ccc(F)cc4F)c3)cnc12. The average molecular weight is 380 g/mol. The fourth-order valence-corrected chi connectivity index (χ4v) is 2.78. The third-order valence-corrected chi connectivity index (χ3v) is 4.05. The average Bonchev–Trinajstić information content (AvgIpc) is 3.10. The monoisotopic (exact) mass is 380 g/mol. The van der Waals surface area contributed by atoms with E-state index in [9.17, 15) is 13.6 Å². The van der Waals surface area contributed by atoms with Crippen molar-refractivity contribution in [2.24, 2.45) is 0 Å². The van der Waals surface area contributed by atoms with Gasteiger partial charge in [-0.2, -0.15) is 0 Å². The van der Waals surface area contributed by atoms with Crippen LogP contribution in [-0.2, 0) is 0 Å². The Bertz CT molecular complexity index is 1190. The van der Waals surface area contributed by atoms with Crippen molar-refractivity contribution in [1.82, 2.24) is 14.4 Å². The fraction of sp³-hybridized carbons (Fsp3) is 0. The van der Waals surface area contributed by atoms with Crippen LogP contribution in [0.2, 0.25) is 0 Å². The van der Waals surface area contributed by atoms with E-state index in [1.807, 2.05) is 6.07 Å². The van der Waals surface area contributed by atoms with E-state index in [4.69, 9.17) is 5.73 Å². The van der Waals surface area contributed by atoms with E-state index < -0.39 is 17.7 Å². The van der Waals surface area contributed by atoms with Gasteiger partial charge >= 0.3 is 6.03 Å². The highest BCUT2D eigenvalue weighted by atomic mass is 19.1. The van der Waals surface area contributed by atoms with Gasteiger partial charge in [-0.3, -0.25) is 4.40 Å². The van der Waals surface area contributed by atoms with Crippen LogP contribution in [0.1, 0.15) is 0 Å². The fourth-order valence-electron chi connectivity index (χ4n) is 2.78. The van der Waals surface area contributed by atoms with E-state index in [0.29, 0.717) is 23.2 Å². The molecule has 140 valence electrons.